The number of pyridine rings is 1. The second-order valence-electron chi connectivity index (χ2n) is 7.92. The summed E-state index contributed by atoms with van der Waals surface area (Å²) in [6.45, 7) is 8.34. The first-order valence-electron chi connectivity index (χ1n) is 9.48. The van der Waals surface area contributed by atoms with Gasteiger partial charge in [-0.1, -0.05) is 6.07 Å². The van der Waals surface area contributed by atoms with Crippen molar-refractivity contribution in [3.8, 4) is 0 Å². The van der Waals surface area contributed by atoms with Crippen LogP contribution in [0, 0.1) is 11.3 Å². The van der Waals surface area contributed by atoms with Crippen LogP contribution < -0.4 is 5.32 Å². The van der Waals surface area contributed by atoms with E-state index in [1.54, 1.807) is 0 Å². The van der Waals surface area contributed by atoms with Gasteiger partial charge in [0.15, 0.2) is 0 Å². The van der Waals surface area contributed by atoms with E-state index in [0.29, 0.717) is 11.8 Å². The molecule has 1 N–H and O–H groups in total. The monoisotopic (exact) mass is 343 g/mol. The Labute approximate surface area is 150 Å². The van der Waals surface area contributed by atoms with Gasteiger partial charge in [0.1, 0.15) is 0 Å². The van der Waals surface area contributed by atoms with Gasteiger partial charge in [-0.3, -0.25) is 14.7 Å². The first-order chi connectivity index (χ1) is 12.2. The lowest BCUT2D eigenvalue weighted by Gasteiger charge is -2.33. The largest absolute Gasteiger partial charge is 0.341 e. The molecule has 3 aliphatic rings. The van der Waals surface area contributed by atoms with Crippen LogP contribution in [-0.4, -0.2) is 85.0 Å². The lowest BCUT2D eigenvalue weighted by molar-refractivity contribution is -0.141. The Hall–Kier alpha value is -1.50. The van der Waals surface area contributed by atoms with Crippen LogP contribution in [0.2, 0.25) is 0 Å². The third kappa shape index (κ3) is 3.30. The van der Waals surface area contributed by atoms with Crippen molar-refractivity contribution in [3.05, 3.63) is 30.1 Å². The van der Waals surface area contributed by atoms with Gasteiger partial charge < -0.3 is 15.1 Å². The van der Waals surface area contributed by atoms with Crippen molar-refractivity contribution in [1.29, 1.82) is 0 Å². The Morgan fingerprint density at radius 2 is 2.24 bits per heavy atom. The molecule has 6 nitrogen and oxygen atoms in total. The number of fused-ring (bicyclic) bond motifs is 1. The predicted molar refractivity (Wildman–Crippen MR) is 97.0 cm³/mol. The second-order valence-corrected chi connectivity index (χ2v) is 7.92. The van der Waals surface area contributed by atoms with E-state index < -0.39 is 0 Å². The van der Waals surface area contributed by atoms with Crippen LogP contribution in [0.5, 0.6) is 0 Å². The molecule has 25 heavy (non-hydrogen) atoms. The number of carbonyl (C=O) groups is 1. The fourth-order valence-corrected chi connectivity index (χ4v) is 4.84. The zero-order valence-electron chi connectivity index (χ0n) is 15.2. The van der Waals surface area contributed by atoms with Crippen LogP contribution in [0.15, 0.2) is 24.4 Å². The molecule has 3 fully saturated rings. The summed E-state index contributed by atoms with van der Waals surface area (Å²) in [6, 6.07) is 6.07. The number of nitrogens with one attached hydrogen (secondary N) is 1. The molecule has 0 spiro atoms. The standard InChI is InChI=1S/C19H29N5O/c1-22-12-16-11-20-14-19(16,15-22)18(25)24-8-4-7-23(9-10-24)13-17-5-2-3-6-21-17/h2-3,5-6,16,20H,4,7-15H2,1H3/t16-,19-/m1/s1. The minimum Gasteiger partial charge on any atom is -0.341 e. The minimum absolute atomic E-state index is 0.190. The number of likely N-dealkylation sites (tertiary alicyclic amines) is 1. The minimum atomic E-state index is -0.190. The summed E-state index contributed by atoms with van der Waals surface area (Å²) in [6.07, 6.45) is 2.90. The molecule has 136 valence electrons. The van der Waals surface area contributed by atoms with Gasteiger partial charge >= 0.3 is 0 Å². The molecule has 1 aromatic rings. The molecule has 0 aliphatic carbocycles. The SMILES string of the molecule is CN1C[C@H]2CNC[C@@]2(C(=O)N2CCCN(Cc3ccccn3)CC2)C1. The Morgan fingerprint density at radius 1 is 1.32 bits per heavy atom. The third-order valence-corrected chi connectivity index (χ3v) is 6.11. The molecule has 3 aliphatic heterocycles. The van der Waals surface area contributed by atoms with Crippen molar-refractivity contribution in [2.45, 2.75) is 13.0 Å². The predicted octanol–water partition coefficient (Wildman–Crippen LogP) is 0.267. The molecule has 0 unspecified atom stereocenters. The zero-order chi connectivity index (χ0) is 17.3. The molecule has 0 radical (unpaired) electrons. The van der Waals surface area contributed by atoms with Gasteiger partial charge in [-0.05, 0) is 25.6 Å². The van der Waals surface area contributed by atoms with Crippen molar-refractivity contribution in [2.75, 3.05) is 59.4 Å². The van der Waals surface area contributed by atoms with Crippen LogP contribution in [-0.2, 0) is 11.3 Å². The highest BCUT2D eigenvalue weighted by molar-refractivity contribution is 5.84. The number of amides is 1. The summed E-state index contributed by atoms with van der Waals surface area (Å²) in [4.78, 5) is 24.7. The number of rotatable bonds is 3. The van der Waals surface area contributed by atoms with Gasteiger partial charge in [0.05, 0.1) is 11.1 Å². The highest BCUT2D eigenvalue weighted by atomic mass is 16.2. The molecule has 2 atom stereocenters. The number of hydrogen-bond acceptors (Lipinski definition) is 5. The maximum Gasteiger partial charge on any atom is 0.231 e. The van der Waals surface area contributed by atoms with E-state index in [2.05, 4.69) is 38.1 Å². The maximum absolute atomic E-state index is 13.4. The molecule has 0 saturated carbocycles. The van der Waals surface area contributed by atoms with Gasteiger partial charge in [-0.2, -0.15) is 0 Å². The van der Waals surface area contributed by atoms with Crippen LogP contribution in [0.1, 0.15) is 12.1 Å². The maximum atomic E-state index is 13.4. The average molecular weight is 343 g/mol. The summed E-state index contributed by atoms with van der Waals surface area (Å²) in [5.41, 5.74) is 0.920. The van der Waals surface area contributed by atoms with Crippen molar-refractivity contribution in [1.82, 2.24) is 25.0 Å². The van der Waals surface area contributed by atoms with E-state index in [1.165, 1.54) is 0 Å². The van der Waals surface area contributed by atoms with Crippen LogP contribution in [0.4, 0.5) is 0 Å². The summed E-state index contributed by atoms with van der Waals surface area (Å²) in [5.74, 6) is 0.851. The molecule has 4 heterocycles. The molecule has 4 rings (SSSR count). The van der Waals surface area contributed by atoms with Gasteiger partial charge in [-0.15, -0.1) is 0 Å². The molecule has 6 heteroatoms. The van der Waals surface area contributed by atoms with Gasteiger partial charge in [0.2, 0.25) is 5.91 Å². The number of aromatic nitrogens is 1. The Kier molecular flexibility index (Phi) is 4.75. The summed E-state index contributed by atoms with van der Waals surface area (Å²) in [5, 5.41) is 3.47. The Bertz CT molecular complexity index is 609. The highest BCUT2D eigenvalue weighted by Crippen LogP contribution is 2.40. The van der Waals surface area contributed by atoms with Gasteiger partial charge in [0.25, 0.3) is 0 Å². The Morgan fingerprint density at radius 3 is 3.08 bits per heavy atom. The van der Waals surface area contributed by atoms with E-state index >= 15 is 0 Å². The summed E-state index contributed by atoms with van der Waals surface area (Å²) in [7, 11) is 2.14. The second kappa shape index (κ2) is 7.02. The molecular weight excluding hydrogens is 314 g/mol. The van der Waals surface area contributed by atoms with E-state index in [0.717, 1.165) is 71.0 Å². The lowest BCUT2D eigenvalue weighted by Crippen LogP contribution is -2.50. The van der Waals surface area contributed by atoms with Crippen LogP contribution in [0.25, 0.3) is 0 Å². The number of nitrogens with zero attached hydrogens (tertiary/aromatic N) is 4. The number of hydrogen-bond donors (Lipinski definition) is 1. The van der Waals surface area contributed by atoms with E-state index in [1.807, 2.05) is 18.3 Å². The highest BCUT2D eigenvalue weighted by Gasteiger charge is 2.55. The quantitative estimate of drug-likeness (QED) is 0.854. The summed E-state index contributed by atoms with van der Waals surface area (Å²) < 4.78 is 0. The van der Waals surface area contributed by atoms with Gasteiger partial charge in [0, 0.05) is 71.0 Å². The molecule has 3 saturated heterocycles. The molecule has 0 bridgehead atoms. The van der Waals surface area contributed by atoms with Crippen LogP contribution >= 0.6 is 0 Å². The lowest BCUT2D eigenvalue weighted by atomic mass is 9.79. The van der Waals surface area contributed by atoms with Gasteiger partial charge in [-0.25, -0.2) is 0 Å². The van der Waals surface area contributed by atoms with Crippen molar-refractivity contribution in [3.63, 3.8) is 0 Å². The molecule has 1 amide bonds. The fraction of sp³-hybridized carbons (Fsp3) is 0.684. The zero-order valence-corrected chi connectivity index (χ0v) is 15.2. The molecular formula is C19H29N5O. The number of carbonyl (C=O) groups excluding carboxylic acids is 1. The molecule has 1 aromatic heterocycles. The normalized spacial score (nSPS) is 31.1. The first-order valence-corrected chi connectivity index (χ1v) is 9.48. The van der Waals surface area contributed by atoms with E-state index in [9.17, 15) is 4.79 Å². The van der Waals surface area contributed by atoms with Crippen molar-refractivity contribution in [2.24, 2.45) is 11.3 Å². The third-order valence-electron chi connectivity index (χ3n) is 6.11. The fourth-order valence-electron chi connectivity index (χ4n) is 4.84. The van der Waals surface area contributed by atoms with E-state index in [-0.39, 0.29) is 5.41 Å². The smallest absolute Gasteiger partial charge is 0.231 e. The Balaban J connectivity index is 1.40. The van der Waals surface area contributed by atoms with Crippen LogP contribution in [0.3, 0.4) is 0 Å². The van der Waals surface area contributed by atoms with Crippen molar-refractivity contribution >= 4 is 5.91 Å². The molecule has 0 aromatic carbocycles. The average Bonchev–Trinajstić information content (AvgIpc) is 3.04. The van der Waals surface area contributed by atoms with E-state index in [4.69, 9.17) is 0 Å². The first kappa shape index (κ1) is 16.9. The van der Waals surface area contributed by atoms with Crippen molar-refractivity contribution < 1.29 is 4.79 Å². The summed E-state index contributed by atoms with van der Waals surface area (Å²) >= 11 is 0. The topological polar surface area (TPSA) is 51.7 Å².